The maximum absolute atomic E-state index is 3.88. The van der Waals surface area contributed by atoms with Crippen LogP contribution in [0.15, 0.2) is 85.0 Å². The van der Waals surface area contributed by atoms with E-state index in [4.69, 9.17) is 0 Å². The molecule has 156 valence electrons. The predicted molar refractivity (Wildman–Crippen MR) is 139 cm³/mol. The fourth-order valence-electron chi connectivity index (χ4n) is 5.67. The molecule has 1 aromatic heterocycles. The van der Waals surface area contributed by atoms with Gasteiger partial charge in [-0.2, -0.15) is 0 Å². The van der Waals surface area contributed by atoms with E-state index >= 15 is 0 Å². The lowest BCUT2D eigenvalue weighted by molar-refractivity contribution is 0.667. The number of hydrogen-bond acceptors (Lipinski definition) is 0. The highest BCUT2D eigenvalue weighted by Crippen LogP contribution is 2.54. The van der Waals surface area contributed by atoms with Gasteiger partial charge in [-0.15, -0.1) is 0 Å². The van der Waals surface area contributed by atoms with Crippen molar-refractivity contribution >= 4 is 38.0 Å². The minimum Gasteiger partial charge on any atom is -0.354 e. The van der Waals surface area contributed by atoms with Crippen molar-refractivity contribution in [2.75, 3.05) is 0 Å². The van der Waals surface area contributed by atoms with Crippen LogP contribution in [-0.2, 0) is 5.41 Å². The van der Waals surface area contributed by atoms with Gasteiger partial charge in [0, 0.05) is 21.8 Å². The Morgan fingerprint density at radius 1 is 0.844 bits per heavy atom. The van der Waals surface area contributed by atoms with Crippen LogP contribution in [0.5, 0.6) is 0 Å². The summed E-state index contributed by atoms with van der Waals surface area (Å²) in [5.74, 6) is 0. The average Bonchev–Trinajstić information content (AvgIpc) is 3.32. The van der Waals surface area contributed by atoms with E-state index in [1.807, 2.05) is 0 Å². The number of H-pyrrole nitrogens is 1. The van der Waals surface area contributed by atoms with E-state index in [1.54, 1.807) is 0 Å². The third-order valence-corrected chi connectivity index (χ3v) is 7.26. The molecule has 1 N–H and O–H groups in total. The van der Waals surface area contributed by atoms with Gasteiger partial charge in [0.25, 0.3) is 0 Å². The Bertz CT molecular complexity index is 1600. The van der Waals surface area contributed by atoms with E-state index in [-0.39, 0.29) is 5.41 Å². The summed E-state index contributed by atoms with van der Waals surface area (Å²) in [6, 6.07) is 24.6. The van der Waals surface area contributed by atoms with Gasteiger partial charge in [-0.25, -0.2) is 0 Å². The summed E-state index contributed by atoms with van der Waals surface area (Å²) < 4.78 is 0. The van der Waals surface area contributed by atoms with Crippen molar-refractivity contribution in [3.8, 4) is 11.3 Å². The molecular weight excluding hydrogens is 386 g/mol. The molecule has 1 heterocycles. The molecular formula is C31H27N. The van der Waals surface area contributed by atoms with Crippen molar-refractivity contribution < 1.29 is 0 Å². The van der Waals surface area contributed by atoms with E-state index < -0.39 is 0 Å². The Morgan fingerprint density at radius 3 is 2.22 bits per heavy atom. The van der Waals surface area contributed by atoms with Crippen LogP contribution >= 0.6 is 0 Å². The zero-order valence-electron chi connectivity index (χ0n) is 19.1. The first-order valence-corrected chi connectivity index (χ1v) is 11.4. The molecule has 1 nitrogen and oxygen atoms in total. The van der Waals surface area contributed by atoms with Crippen molar-refractivity contribution in [2.24, 2.45) is 0 Å². The van der Waals surface area contributed by atoms with Gasteiger partial charge in [0.1, 0.15) is 0 Å². The minimum absolute atomic E-state index is 0.0783. The van der Waals surface area contributed by atoms with Crippen LogP contribution in [0.3, 0.4) is 0 Å². The molecule has 0 fully saturated rings. The van der Waals surface area contributed by atoms with Crippen molar-refractivity contribution in [1.82, 2.24) is 4.98 Å². The number of benzene rings is 4. The minimum atomic E-state index is -0.0783. The molecule has 0 radical (unpaired) electrons. The van der Waals surface area contributed by atoms with Crippen LogP contribution < -0.4 is 0 Å². The molecule has 1 aliphatic carbocycles. The van der Waals surface area contributed by atoms with Crippen LogP contribution in [0.4, 0.5) is 0 Å². The van der Waals surface area contributed by atoms with Gasteiger partial charge in [0.15, 0.2) is 0 Å². The Balaban J connectivity index is 1.71. The summed E-state index contributed by atoms with van der Waals surface area (Å²) in [6.45, 7) is 9.01. The summed E-state index contributed by atoms with van der Waals surface area (Å²) >= 11 is 0. The standard InChI is InChI=1S/C31H27N/c1-5-6-11-19(2)20-16-17-25-26(18-20)31(3,4)28-27-23-14-9-7-12-21(23)22-13-8-10-15-24(22)29(27)32-30(25)28/h5-18,32H,1-4H3/b6-5-,19-11+. The SMILES string of the molecule is C/C=C\C=C(/C)c1ccc2c(c1)C(C)(C)c1c-2[nH]c2c3ccccc3c3ccccc3c12. The normalized spacial score (nSPS) is 15.2. The number of allylic oxidation sites excluding steroid dienone is 4. The third kappa shape index (κ3) is 2.45. The van der Waals surface area contributed by atoms with Crippen LogP contribution in [0.2, 0.25) is 0 Å². The summed E-state index contributed by atoms with van der Waals surface area (Å²) in [7, 11) is 0. The number of aromatic nitrogens is 1. The van der Waals surface area contributed by atoms with Gasteiger partial charge in [0.2, 0.25) is 0 Å². The monoisotopic (exact) mass is 413 g/mol. The first kappa shape index (κ1) is 19.1. The number of rotatable bonds is 2. The lowest BCUT2D eigenvalue weighted by Gasteiger charge is -2.23. The van der Waals surface area contributed by atoms with Gasteiger partial charge < -0.3 is 4.98 Å². The second-order valence-corrected chi connectivity index (χ2v) is 9.48. The van der Waals surface area contributed by atoms with Gasteiger partial charge in [-0.1, -0.05) is 92.7 Å². The number of aromatic amines is 1. The molecule has 0 spiro atoms. The van der Waals surface area contributed by atoms with Crippen LogP contribution in [0.25, 0.3) is 49.3 Å². The molecule has 1 aliphatic rings. The van der Waals surface area contributed by atoms with Crippen molar-refractivity contribution in [1.29, 1.82) is 0 Å². The predicted octanol–water partition coefficient (Wildman–Crippen LogP) is 8.76. The Kier molecular flexibility index (Phi) is 4.01. The van der Waals surface area contributed by atoms with Crippen molar-refractivity contribution in [3.05, 3.63) is 102 Å². The summed E-state index contributed by atoms with van der Waals surface area (Å²) in [5.41, 5.74) is 9.21. The zero-order valence-corrected chi connectivity index (χ0v) is 19.1. The summed E-state index contributed by atoms with van der Waals surface area (Å²) in [5, 5.41) is 6.65. The first-order valence-electron chi connectivity index (χ1n) is 11.4. The van der Waals surface area contributed by atoms with E-state index in [2.05, 4.69) is 118 Å². The maximum Gasteiger partial charge on any atom is 0.0548 e. The molecule has 0 aliphatic heterocycles. The van der Waals surface area contributed by atoms with Crippen LogP contribution in [-0.4, -0.2) is 4.98 Å². The molecule has 32 heavy (non-hydrogen) atoms. The Labute approximate surface area is 189 Å². The molecule has 4 aromatic carbocycles. The van der Waals surface area contributed by atoms with Gasteiger partial charge in [-0.05, 0) is 58.3 Å². The van der Waals surface area contributed by atoms with E-state index in [9.17, 15) is 0 Å². The number of hydrogen-bond donors (Lipinski definition) is 1. The fraction of sp³-hybridized carbons (Fsp3) is 0.161. The maximum atomic E-state index is 3.88. The highest BCUT2D eigenvalue weighted by Gasteiger charge is 2.39. The van der Waals surface area contributed by atoms with Crippen LogP contribution in [0, 0.1) is 0 Å². The van der Waals surface area contributed by atoms with Crippen LogP contribution in [0.1, 0.15) is 44.4 Å². The number of fused-ring (bicyclic) bond motifs is 10. The molecule has 0 saturated carbocycles. The lowest BCUT2D eigenvalue weighted by atomic mass is 9.79. The molecule has 1 heteroatoms. The Hall–Kier alpha value is -3.58. The topological polar surface area (TPSA) is 15.8 Å². The van der Waals surface area contributed by atoms with Gasteiger partial charge in [-0.3, -0.25) is 0 Å². The van der Waals surface area contributed by atoms with Gasteiger partial charge in [0.05, 0.1) is 11.2 Å². The van der Waals surface area contributed by atoms with Crippen molar-refractivity contribution in [3.63, 3.8) is 0 Å². The second-order valence-electron chi connectivity index (χ2n) is 9.48. The van der Waals surface area contributed by atoms with Gasteiger partial charge >= 0.3 is 0 Å². The highest BCUT2D eigenvalue weighted by atomic mass is 14.8. The van der Waals surface area contributed by atoms with E-state index in [0.717, 1.165) is 0 Å². The number of nitrogens with one attached hydrogen (secondary N) is 1. The van der Waals surface area contributed by atoms with E-state index in [1.165, 1.54) is 66.0 Å². The smallest absolute Gasteiger partial charge is 0.0548 e. The molecule has 0 unspecified atom stereocenters. The second kappa shape index (κ2) is 6.71. The molecule has 0 atom stereocenters. The molecule has 5 aromatic rings. The molecule has 6 rings (SSSR count). The molecule has 0 bridgehead atoms. The average molecular weight is 414 g/mol. The highest BCUT2D eigenvalue weighted by molar-refractivity contribution is 6.27. The summed E-state index contributed by atoms with van der Waals surface area (Å²) in [6.07, 6.45) is 6.38. The molecule has 0 amide bonds. The van der Waals surface area contributed by atoms with E-state index in [0.29, 0.717) is 0 Å². The molecule has 0 saturated heterocycles. The summed E-state index contributed by atoms with van der Waals surface area (Å²) in [4.78, 5) is 3.88. The first-order chi connectivity index (χ1) is 15.5. The lowest BCUT2D eigenvalue weighted by Crippen LogP contribution is -2.15. The fourth-order valence-corrected chi connectivity index (χ4v) is 5.67. The Morgan fingerprint density at radius 2 is 1.50 bits per heavy atom. The largest absolute Gasteiger partial charge is 0.354 e. The quantitative estimate of drug-likeness (QED) is 0.220. The van der Waals surface area contributed by atoms with Crippen molar-refractivity contribution in [2.45, 2.75) is 33.1 Å². The third-order valence-electron chi connectivity index (χ3n) is 7.26. The zero-order chi connectivity index (χ0) is 22.0.